The van der Waals surface area contributed by atoms with Gasteiger partial charge in [-0.1, -0.05) is 24.1 Å². The highest BCUT2D eigenvalue weighted by atomic mass is 32.2. The van der Waals surface area contributed by atoms with Gasteiger partial charge in [0.25, 0.3) is 0 Å². The SMILES string of the molecule is Cc1cc[n+](CCCCCC(N)C(=O)OC(C)(C)C)cc1.Cc1ccc(S(=O)(=O)[O-])cc1. The van der Waals surface area contributed by atoms with E-state index in [2.05, 4.69) is 36.0 Å². The molecule has 0 spiro atoms. The molecule has 0 amide bonds. The van der Waals surface area contributed by atoms with Crippen LogP contribution in [0.5, 0.6) is 0 Å². The first-order valence-corrected chi connectivity index (χ1v) is 12.2. The predicted molar refractivity (Wildman–Crippen MR) is 123 cm³/mol. The fourth-order valence-corrected chi connectivity index (χ4v) is 3.19. The summed E-state index contributed by atoms with van der Waals surface area (Å²) < 4.78 is 38.6. The third kappa shape index (κ3) is 11.9. The van der Waals surface area contributed by atoms with E-state index in [4.69, 9.17) is 10.5 Å². The third-order valence-electron chi connectivity index (χ3n) is 4.51. The van der Waals surface area contributed by atoms with Crippen molar-refractivity contribution in [1.29, 1.82) is 0 Å². The number of ether oxygens (including phenoxy) is 1. The first-order valence-electron chi connectivity index (χ1n) is 10.7. The van der Waals surface area contributed by atoms with Crippen LogP contribution in [0.1, 0.15) is 57.6 Å². The molecular formula is C24H36N2O5S. The average molecular weight is 465 g/mol. The van der Waals surface area contributed by atoms with E-state index in [0.29, 0.717) is 6.42 Å². The molecule has 32 heavy (non-hydrogen) atoms. The van der Waals surface area contributed by atoms with Gasteiger partial charge in [0.2, 0.25) is 0 Å². The summed E-state index contributed by atoms with van der Waals surface area (Å²) in [5.74, 6) is -0.296. The molecular weight excluding hydrogens is 428 g/mol. The number of unbranched alkanes of at least 4 members (excludes halogenated alkanes) is 2. The van der Waals surface area contributed by atoms with Crippen LogP contribution in [0.25, 0.3) is 0 Å². The number of carbonyl (C=O) groups excluding carboxylic acids is 1. The fourth-order valence-electron chi connectivity index (χ4n) is 2.72. The minimum atomic E-state index is -4.27. The van der Waals surface area contributed by atoms with Gasteiger partial charge in [-0.15, -0.1) is 0 Å². The second-order valence-electron chi connectivity index (χ2n) is 8.87. The van der Waals surface area contributed by atoms with Crippen molar-refractivity contribution in [3.05, 3.63) is 59.9 Å². The van der Waals surface area contributed by atoms with Crippen molar-refractivity contribution in [3.8, 4) is 0 Å². The van der Waals surface area contributed by atoms with Crippen molar-refractivity contribution in [3.63, 3.8) is 0 Å². The van der Waals surface area contributed by atoms with Crippen molar-refractivity contribution in [2.45, 2.75) is 83.4 Å². The maximum atomic E-state index is 11.7. The molecule has 1 atom stereocenters. The van der Waals surface area contributed by atoms with Crippen LogP contribution < -0.4 is 10.3 Å². The predicted octanol–water partition coefficient (Wildman–Crippen LogP) is 3.41. The van der Waals surface area contributed by atoms with E-state index in [1.165, 1.54) is 17.7 Å². The lowest BCUT2D eigenvalue weighted by atomic mass is 10.1. The molecule has 0 aliphatic rings. The summed E-state index contributed by atoms with van der Waals surface area (Å²) >= 11 is 0. The average Bonchev–Trinajstić information content (AvgIpc) is 2.68. The van der Waals surface area contributed by atoms with Crippen LogP contribution in [0.15, 0.2) is 53.7 Å². The van der Waals surface area contributed by atoms with Crippen LogP contribution in [0, 0.1) is 13.8 Å². The van der Waals surface area contributed by atoms with Gasteiger partial charge < -0.3 is 15.0 Å². The summed E-state index contributed by atoms with van der Waals surface area (Å²) in [6.07, 6.45) is 8.00. The molecule has 1 heterocycles. The second kappa shape index (κ2) is 12.7. The molecule has 2 N–H and O–H groups in total. The van der Waals surface area contributed by atoms with Crippen LogP contribution in [0.3, 0.4) is 0 Å². The molecule has 0 saturated heterocycles. The first kappa shape index (κ1) is 27.7. The normalized spacial score (nSPS) is 12.5. The molecule has 2 aromatic rings. The van der Waals surface area contributed by atoms with E-state index in [-0.39, 0.29) is 10.9 Å². The summed E-state index contributed by atoms with van der Waals surface area (Å²) in [5, 5.41) is 0. The van der Waals surface area contributed by atoms with E-state index < -0.39 is 21.8 Å². The number of benzene rings is 1. The molecule has 0 aliphatic heterocycles. The van der Waals surface area contributed by atoms with Gasteiger partial charge in [0, 0.05) is 18.6 Å². The Kier molecular flexibility index (Phi) is 11.0. The number of aryl methyl sites for hydroxylation is 3. The lowest BCUT2D eigenvalue weighted by molar-refractivity contribution is -0.697. The molecule has 1 aromatic carbocycles. The van der Waals surface area contributed by atoms with E-state index in [0.717, 1.165) is 31.4 Å². The highest BCUT2D eigenvalue weighted by Crippen LogP contribution is 2.11. The second-order valence-corrected chi connectivity index (χ2v) is 10.2. The van der Waals surface area contributed by atoms with Gasteiger partial charge in [-0.2, -0.15) is 0 Å². The highest BCUT2D eigenvalue weighted by Gasteiger charge is 2.21. The van der Waals surface area contributed by atoms with Crippen LogP contribution in [0.2, 0.25) is 0 Å². The number of carbonyl (C=O) groups is 1. The summed E-state index contributed by atoms with van der Waals surface area (Å²) in [6, 6.07) is 9.50. The van der Waals surface area contributed by atoms with E-state index >= 15 is 0 Å². The minimum absolute atomic E-state index is 0.178. The zero-order chi connectivity index (χ0) is 24.4. The third-order valence-corrected chi connectivity index (χ3v) is 5.36. The van der Waals surface area contributed by atoms with Crippen LogP contribution in [-0.2, 0) is 26.2 Å². The van der Waals surface area contributed by atoms with E-state index in [1.54, 1.807) is 12.1 Å². The lowest BCUT2D eigenvalue weighted by Crippen LogP contribution is -2.37. The summed E-state index contributed by atoms with van der Waals surface area (Å²) in [4.78, 5) is 11.5. The number of nitrogens with zero attached hydrogens (tertiary/aromatic N) is 1. The van der Waals surface area contributed by atoms with Crippen molar-refractivity contribution in [1.82, 2.24) is 0 Å². The van der Waals surface area contributed by atoms with Gasteiger partial charge in [0.1, 0.15) is 28.3 Å². The maximum absolute atomic E-state index is 11.7. The summed E-state index contributed by atoms with van der Waals surface area (Å²) in [5.41, 5.74) is 7.59. The molecule has 0 bridgehead atoms. The molecule has 8 heteroatoms. The highest BCUT2D eigenvalue weighted by molar-refractivity contribution is 7.85. The van der Waals surface area contributed by atoms with Crippen molar-refractivity contribution < 1.29 is 27.1 Å². The Morgan fingerprint density at radius 3 is 2.03 bits per heavy atom. The number of rotatable bonds is 8. The Labute approximate surface area is 192 Å². The zero-order valence-corrected chi connectivity index (χ0v) is 20.5. The summed E-state index contributed by atoms with van der Waals surface area (Å²) in [6.45, 7) is 10.5. The van der Waals surface area contributed by atoms with Crippen molar-refractivity contribution >= 4 is 16.1 Å². The monoisotopic (exact) mass is 464 g/mol. The Hall–Kier alpha value is -2.29. The molecule has 1 aromatic heterocycles. The number of aromatic nitrogens is 1. The molecule has 0 saturated carbocycles. The largest absolute Gasteiger partial charge is 0.744 e. The molecule has 2 rings (SSSR count). The number of nitrogens with two attached hydrogens (primary N) is 1. The quantitative estimate of drug-likeness (QED) is 0.277. The van der Waals surface area contributed by atoms with Crippen LogP contribution in [-0.4, -0.2) is 30.6 Å². The first-order chi connectivity index (χ1) is 14.8. The molecule has 178 valence electrons. The van der Waals surface area contributed by atoms with Crippen LogP contribution in [0.4, 0.5) is 0 Å². The Balaban J connectivity index is 0.000000389. The number of pyridine rings is 1. The topological polar surface area (TPSA) is 113 Å². The van der Waals surface area contributed by atoms with Gasteiger partial charge in [0.05, 0.1) is 4.90 Å². The van der Waals surface area contributed by atoms with Crippen molar-refractivity contribution in [2.75, 3.05) is 0 Å². The standard InChI is InChI=1S/C17H29N2O2.C7H8O3S/c1-14-9-12-19(13-10-14)11-7-5-6-8-15(18)16(20)21-17(2,3)4;1-6-2-4-7(5-3-6)11(8,9)10/h9-10,12-13,15H,5-8,11,18H2,1-4H3;2-5H,1H3,(H,8,9,10)/q+1;/p-1. The fraction of sp³-hybridized carbons (Fsp3) is 0.500. The van der Waals surface area contributed by atoms with E-state index in [9.17, 15) is 17.8 Å². The molecule has 0 fully saturated rings. The molecule has 1 unspecified atom stereocenters. The van der Waals surface area contributed by atoms with Crippen LogP contribution >= 0.6 is 0 Å². The number of hydrogen-bond donors (Lipinski definition) is 1. The smallest absolute Gasteiger partial charge is 0.323 e. The van der Waals surface area contributed by atoms with Gasteiger partial charge >= 0.3 is 5.97 Å². The van der Waals surface area contributed by atoms with Gasteiger partial charge in [-0.05, 0) is 65.2 Å². The Morgan fingerprint density at radius 2 is 1.53 bits per heavy atom. The maximum Gasteiger partial charge on any atom is 0.323 e. The number of esters is 1. The minimum Gasteiger partial charge on any atom is -0.744 e. The summed E-state index contributed by atoms with van der Waals surface area (Å²) in [7, 11) is -4.27. The molecule has 0 radical (unpaired) electrons. The zero-order valence-electron chi connectivity index (χ0n) is 19.7. The van der Waals surface area contributed by atoms with Gasteiger partial charge in [-0.25, -0.2) is 13.0 Å². The molecule has 7 nitrogen and oxygen atoms in total. The van der Waals surface area contributed by atoms with Crippen molar-refractivity contribution in [2.24, 2.45) is 5.73 Å². The lowest BCUT2D eigenvalue weighted by Gasteiger charge is -2.22. The number of hydrogen-bond acceptors (Lipinski definition) is 6. The van der Waals surface area contributed by atoms with Gasteiger partial charge in [-0.3, -0.25) is 4.79 Å². The van der Waals surface area contributed by atoms with E-state index in [1.807, 2.05) is 27.7 Å². The van der Waals surface area contributed by atoms with Gasteiger partial charge in [0.15, 0.2) is 12.4 Å². The Morgan fingerprint density at radius 1 is 1.00 bits per heavy atom. The Bertz CT molecular complexity index is 934. The molecule has 0 aliphatic carbocycles.